The van der Waals surface area contributed by atoms with Crippen LogP contribution in [0.5, 0.6) is 5.75 Å². The van der Waals surface area contributed by atoms with Gasteiger partial charge in [-0.15, -0.1) is 0 Å². The minimum absolute atomic E-state index is 0.407. The fourth-order valence-corrected chi connectivity index (χ4v) is 1.35. The number of benzene rings is 1. The van der Waals surface area contributed by atoms with Crippen LogP contribution in [0.1, 0.15) is 10.4 Å². The van der Waals surface area contributed by atoms with Gasteiger partial charge < -0.3 is 5.11 Å². The van der Waals surface area contributed by atoms with Gasteiger partial charge in [0.15, 0.2) is 5.75 Å². The van der Waals surface area contributed by atoms with Crippen molar-refractivity contribution in [3.05, 3.63) is 27.7 Å². The highest BCUT2D eigenvalue weighted by Gasteiger charge is 2.39. The number of Topliss-reactive ketones (excluding diaryl/α,β-unsaturated/α-hetero) is 1. The van der Waals surface area contributed by atoms with Crippen LogP contribution in [0.3, 0.4) is 0 Å². The number of rotatable bonds is 1. The lowest BCUT2D eigenvalue weighted by atomic mass is 10.1. The van der Waals surface area contributed by atoms with Crippen LogP contribution >= 0.6 is 23.2 Å². The van der Waals surface area contributed by atoms with Gasteiger partial charge in [0, 0.05) is 5.56 Å². The van der Waals surface area contributed by atoms with Gasteiger partial charge >= 0.3 is 6.18 Å². The number of hydrogen-bond acceptors (Lipinski definition) is 2. The molecule has 0 aliphatic carbocycles. The second-order valence-corrected chi connectivity index (χ2v) is 3.43. The first kappa shape index (κ1) is 12.1. The summed E-state index contributed by atoms with van der Waals surface area (Å²) in [6.07, 6.45) is -5.00. The number of halogens is 5. The summed E-state index contributed by atoms with van der Waals surface area (Å²) in [5.41, 5.74) is -0.713. The van der Waals surface area contributed by atoms with E-state index in [0.29, 0.717) is 12.1 Å². The molecular formula is C8H3Cl2F3O2. The molecule has 82 valence electrons. The average molecular weight is 259 g/mol. The topological polar surface area (TPSA) is 37.3 Å². The highest BCUT2D eigenvalue weighted by atomic mass is 35.5. The highest BCUT2D eigenvalue weighted by molar-refractivity contribution is 6.37. The maximum absolute atomic E-state index is 12.0. The number of carbonyl (C=O) groups excluding carboxylic acids is 1. The second kappa shape index (κ2) is 3.90. The van der Waals surface area contributed by atoms with Gasteiger partial charge in [0.2, 0.25) is 0 Å². The Morgan fingerprint density at radius 1 is 1.20 bits per heavy atom. The molecule has 0 aliphatic rings. The smallest absolute Gasteiger partial charge is 0.454 e. The summed E-state index contributed by atoms with van der Waals surface area (Å²) in [4.78, 5) is 10.8. The molecule has 2 nitrogen and oxygen atoms in total. The van der Waals surface area contributed by atoms with Crippen LogP contribution in [0.25, 0.3) is 0 Å². The van der Waals surface area contributed by atoms with Crippen molar-refractivity contribution in [2.75, 3.05) is 0 Å². The van der Waals surface area contributed by atoms with E-state index in [1.807, 2.05) is 0 Å². The predicted molar refractivity (Wildman–Crippen MR) is 48.5 cm³/mol. The van der Waals surface area contributed by atoms with E-state index in [0.717, 1.165) is 0 Å². The van der Waals surface area contributed by atoms with Crippen LogP contribution in [-0.4, -0.2) is 17.1 Å². The molecule has 1 rings (SSSR count). The largest absolute Gasteiger partial charge is 0.505 e. The minimum atomic E-state index is -5.00. The molecule has 7 heteroatoms. The number of phenolic OH excluding ortho intramolecular Hbond substituents is 1. The van der Waals surface area contributed by atoms with E-state index in [9.17, 15) is 18.0 Å². The van der Waals surface area contributed by atoms with Crippen molar-refractivity contribution in [2.45, 2.75) is 6.18 Å². The van der Waals surface area contributed by atoms with Gasteiger partial charge in [-0.05, 0) is 12.1 Å². The highest BCUT2D eigenvalue weighted by Crippen LogP contribution is 2.34. The Morgan fingerprint density at radius 3 is 1.93 bits per heavy atom. The molecule has 1 aromatic carbocycles. The lowest BCUT2D eigenvalue weighted by Gasteiger charge is -2.07. The number of phenols is 1. The van der Waals surface area contributed by atoms with E-state index < -0.39 is 33.3 Å². The van der Waals surface area contributed by atoms with Gasteiger partial charge in [0.05, 0.1) is 10.0 Å². The zero-order valence-electron chi connectivity index (χ0n) is 6.90. The van der Waals surface area contributed by atoms with E-state index in [2.05, 4.69) is 0 Å². The van der Waals surface area contributed by atoms with Crippen LogP contribution in [0.2, 0.25) is 10.0 Å². The van der Waals surface area contributed by atoms with Gasteiger partial charge in [0.1, 0.15) is 0 Å². The maximum atomic E-state index is 12.0. The Bertz CT molecular complexity index is 392. The molecule has 0 bridgehead atoms. The minimum Gasteiger partial charge on any atom is -0.505 e. The van der Waals surface area contributed by atoms with Crippen LogP contribution in [0.4, 0.5) is 13.2 Å². The first-order valence-electron chi connectivity index (χ1n) is 3.53. The SMILES string of the molecule is O=C(c1cc(Cl)c(O)c(Cl)c1)C(F)(F)F. The Balaban J connectivity index is 3.24. The fraction of sp³-hybridized carbons (Fsp3) is 0.125. The number of alkyl halides is 3. The van der Waals surface area contributed by atoms with Crippen molar-refractivity contribution < 1.29 is 23.1 Å². The van der Waals surface area contributed by atoms with E-state index in [1.54, 1.807) is 0 Å². The molecule has 0 atom stereocenters. The molecule has 0 amide bonds. The third-order valence-electron chi connectivity index (χ3n) is 1.54. The summed E-state index contributed by atoms with van der Waals surface area (Å²) in [7, 11) is 0. The molecule has 1 N–H and O–H groups in total. The molecule has 0 unspecified atom stereocenters. The quantitative estimate of drug-likeness (QED) is 0.784. The van der Waals surface area contributed by atoms with Gasteiger partial charge in [-0.25, -0.2) is 0 Å². The zero-order valence-corrected chi connectivity index (χ0v) is 8.41. The summed E-state index contributed by atoms with van der Waals surface area (Å²) in [6.45, 7) is 0. The molecule has 0 radical (unpaired) electrons. The summed E-state index contributed by atoms with van der Waals surface area (Å²) in [5, 5.41) is 8.24. The van der Waals surface area contributed by atoms with Crippen molar-refractivity contribution in [3.63, 3.8) is 0 Å². The van der Waals surface area contributed by atoms with Crippen molar-refractivity contribution in [1.82, 2.24) is 0 Å². The number of carbonyl (C=O) groups is 1. The van der Waals surface area contributed by atoms with Crippen molar-refractivity contribution in [1.29, 1.82) is 0 Å². The lowest BCUT2D eigenvalue weighted by Crippen LogP contribution is -2.22. The molecule has 1 aromatic rings. The van der Waals surface area contributed by atoms with Gasteiger partial charge in [-0.2, -0.15) is 13.2 Å². The van der Waals surface area contributed by atoms with Gasteiger partial charge in [-0.1, -0.05) is 23.2 Å². The van der Waals surface area contributed by atoms with Gasteiger partial charge in [-0.3, -0.25) is 4.79 Å². The lowest BCUT2D eigenvalue weighted by molar-refractivity contribution is -0.0885. The number of ketones is 1. The number of aromatic hydroxyl groups is 1. The average Bonchev–Trinajstić information content (AvgIpc) is 2.10. The maximum Gasteiger partial charge on any atom is 0.454 e. The zero-order chi connectivity index (χ0) is 11.8. The summed E-state index contributed by atoms with van der Waals surface area (Å²) in [5.74, 6) is -2.62. The van der Waals surface area contributed by atoms with E-state index in [4.69, 9.17) is 28.3 Å². The number of hydrogen-bond donors (Lipinski definition) is 1. The third-order valence-corrected chi connectivity index (χ3v) is 2.11. The Hall–Kier alpha value is -0.940. The molecule has 0 aromatic heterocycles. The van der Waals surface area contributed by atoms with Crippen molar-refractivity contribution in [2.24, 2.45) is 0 Å². The van der Waals surface area contributed by atoms with Crippen molar-refractivity contribution >= 4 is 29.0 Å². The summed E-state index contributed by atoms with van der Waals surface area (Å²) in [6, 6.07) is 1.41. The Labute approximate surface area is 92.2 Å². The molecule has 15 heavy (non-hydrogen) atoms. The molecule has 0 spiro atoms. The van der Waals surface area contributed by atoms with Gasteiger partial charge in [0.25, 0.3) is 5.78 Å². The van der Waals surface area contributed by atoms with Crippen LogP contribution < -0.4 is 0 Å². The first-order chi connectivity index (χ1) is 6.73. The Morgan fingerprint density at radius 2 is 1.60 bits per heavy atom. The second-order valence-electron chi connectivity index (χ2n) is 2.62. The molecule has 0 aliphatic heterocycles. The molecular weight excluding hydrogens is 256 g/mol. The van der Waals surface area contributed by atoms with Crippen LogP contribution in [-0.2, 0) is 0 Å². The van der Waals surface area contributed by atoms with E-state index >= 15 is 0 Å². The molecule has 0 saturated heterocycles. The normalized spacial score (nSPS) is 11.5. The standard InChI is InChI=1S/C8H3Cl2F3O2/c9-4-1-3(2-5(10)6(4)14)7(15)8(11,12)13/h1-2,14H. The van der Waals surface area contributed by atoms with Crippen molar-refractivity contribution in [3.8, 4) is 5.75 Å². The monoisotopic (exact) mass is 258 g/mol. The molecule has 0 fully saturated rings. The molecule has 0 heterocycles. The predicted octanol–water partition coefficient (Wildman–Crippen LogP) is 3.44. The Kier molecular flexibility index (Phi) is 3.16. The third kappa shape index (κ3) is 2.54. The van der Waals surface area contributed by atoms with Crippen LogP contribution in [0.15, 0.2) is 12.1 Å². The first-order valence-corrected chi connectivity index (χ1v) is 4.28. The van der Waals surface area contributed by atoms with Crippen LogP contribution in [0, 0.1) is 0 Å². The summed E-state index contributed by atoms with van der Waals surface area (Å²) >= 11 is 10.7. The summed E-state index contributed by atoms with van der Waals surface area (Å²) < 4.78 is 36.0. The van der Waals surface area contributed by atoms with E-state index in [1.165, 1.54) is 0 Å². The fourth-order valence-electron chi connectivity index (χ4n) is 0.860. The molecule has 0 saturated carbocycles. The van der Waals surface area contributed by atoms with E-state index in [-0.39, 0.29) is 0 Å².